The van der Waals surface area contributed by atoms with Crippen molar-refractivity contribution in [2.45, 2.75) is 13.0 Å². The predicted molar refractivity (Wildman–Crippen MR) is 58.3 cm³/mol. The number of nitrogens with zero attached hydrogens (tertiary/aromatic N) is 2. The molecule has 17 heavy (non-hydrogen) atoms. The van der Waals surface area contributed by atoms with Crippen molar-refractivity contribution in [3.63, 3.8) is 0 Å². The van der Waals surface area contributed by atoms with E-state index in [-0.39, 0.29) is 18.4 Å². The molecule has 1 N–H and O–H groups in total. The van der Waals surface area contributed by atoms with Crippen LogP contribution in [0, 0.1) is 5.92 Å². The summed E-state index contributed by atoms with van der Waals surface area (Å²) in [5.74, 6) is 0.574. The summed E-state index contributed by atoms with van der Waals surface area (Å²) in [5, 5.41) is 12.7. The third kappa shape index (κ3) is 2.65. The van der Waals surface area contributed by atoms with Crippen LogP contribution in [0.25, 0.3) is 0 Å². The third-order valence-electron chi connectivity index (χ3n) is 2.90. The minimum Gasteiger partial charge on any atom is -0.396 e. The molecule has 1 fully saturated rings. The number of likely N-dealkylation sites (tertiary alicyclic amines) is 1. The zero-order valence-corrected chi connectivity index (χ0v) is 9.76. The SMILES string of the molecule is COCc1cc(C(=O)N2CCC(CO)C2)no1. The van der Waals surface area contributed by atoms with Gasteiger partial charge in [-0.25, -0.2) is 0 Å². The monoisotopic (exact) mass is 240 g/mol. The average molecular weight is 240 g/mol. The van der Waals surface area contributed by atoms with Gasteiger partial charge in [0.2, 0.25) is 0 Å². The number of ether oxygens (including phenoxy) is 1. The fourth-order valence-electron chi connectivity index (χ4n) is 1.95. The Kier molecular flexibility index (Phi) is 3.75. The van der Waals surface area contributed by atoms with Gasteiger partial charge in [-0.15, -0.1) is 0 Å². The van der Waals surface area contributed by atoms with Gasteiger partial charge in [-0.1, -0.05) is 5.16 Å². The Hall–Kier alpha value is -1.40. The Balaban J connectivity index is 1.99. The molecule has 94 valence electrons. The third-order valence-corrected chi connectivity index (χ3v) is 2.90. The molecule has 1 amide bonds. The van der Waals surface area contributed by atoms with Crippen LogP contribution in [-0.4, -0.2) is 47.9 Å². The first kappa shape index (κ1) is 12.1. The maximum absolute atomic E-state index is 12.0. The molecule has 2 rings (SSSR count). The van der Waals surface area contributed by atoms with Crippen molar-refractivity contribution in [3.05, 3.63) is 17.5 Å². The van der Waals surface area contributed by atoms with Gasteiger partial charge in [0, 0.05) is 38.8 Å². The van der Waals surface area contributed by atoms with E-state index < -0.39 is 0 Å². The highest BCUT2D eigenvalue weighted by atomic mass is 16.5. The van der Waals surface area contributed by atoms with Crippen LogP contribution in [0.4, 0.5) is 0 Å². The summed E-state index contributed by atoms with van der Waals surface area (Å²) >= 11 is 0. The molecule has 1 aromatic heterocycles. The van der Waals surface area contributed by atoms with E-state index in [0.717, 1.165) is 6.42 Å². The molecule has 0 aliphatic carbocycles. The van der Waals surface area contributed by atoms with Crippen molar-refractivity contribution in [2.75, 3.05) is 26.8 Å². The number of carbonyl (C=O) groups is 1. The van der Waals surface area contributed by atoms with Gasteiger partial charge >= 0.3 is 0 Å². The van der Waals surface area contributed by atoms with Crippen molar-refractivity contribution in [1.29, 1.82) is 0 Å². The van der Waals surface area contributed by atoms with E-state index in [2.05, 4.69) is 5.16 Å². The molecule has 0 aromatic carbocycles. The first-order valence-electron chi connectivity index (χ1n) is 5.59. The number of carbonyl (C=O) groups excluding carboxylic acids is 1. The van der Waals surface area contributed by atoms with E-state index in [1.807, 2.05) is 0 Å². The molecule has 0 saturated carbocycles. The molecule has 0 radical (unpaired) electrons. The predicted octanol–water partition coefficient (Wildman–Crippen LogP) is 0.275. The standard InChI is InChI=1S/C11H16N2O4/c1-16-7-9-4-10(12-17-9)11(15)13-3-2-8(5-13)6-14/h4,8,14H,2-3,5-7H2,1H3. The van der Waals surface area contributed by atoms with Crippen LogP contribution < -0.4 is 0 Å². The topological polar surface area (TPSA) is 75.8 Å². The van der Waals surface area contributed by atoms with Crippen molar-refractivity contribution in [3.8, 4) is 0 Å². The number of amides is 1. The van der Waals surface area contributed by atoms with Crippen LogP contribution in [-0.2, 0) is 11.3 Å². The van der Waals surface area contributed by atoms with Crippen LogP contribution >= 0.6 is 0 Å². The number of aliphatic hydroxyl groups is 1. The second-order valence-corrected chi connectivity index (χ2v) is 4.20. The lowest BCUT2D eigenvalue weighted by Crippen LogP contribution is -2.29. The Morgan fingerprint density at radius 2 is 2.59 bits per heavy atom. The molecule has 1 aromatic rings. The second kappa shape index (κ2) is 5.29. The maximum Gasteiger partial charge on any atom is 0.276 e. The van der Waals surface area contributed by atoms with E-state index >= 15 is 0 Å². The van der Waals surface area contributed by atoms with Crippen molar-refractivity contribution in [1.82, 2.24) is 10.1 Å². The van der Waals surface area contributed by atoms with Gasteiger partial charge < -0.3 is 19.3 Å². The number of aromatic nitrogens is 1. The lowest BCUT2D eigenvalue weighted by Gasteiger charge is -2.13. The number of hydrogen-bond acceptors (Lipinski definition) is 5. The number of aliphatic hydroxyl groups excluding tert-OH is 1. The molecule has 1 aliphatic heterocycles. The molecule has 1 aliphatic rings. The van der Waals surface area contributed by atoms with E-state index in [0.29, 0.717) is 31.2 Å². The molecule has 1 saturated heterocycles. The normalized spacial score (nSPS) is 19.9. The largest absolute Gasteiger partial charge is 0.396 e. The maximum atomic E-state index is 12.0. The van der Waals surface area contributed by atoms with Gasteiger partial charge in [-0.05, 0) is 6.42 Å². The second-order valence-electron chi connectivity index (χ2n) is 4.20. The quantitative estimate of drug-likeness (QED) is 0.817. The molecule has 6 heteroatoms. The zero-order valence-electron chi connectivity index (χ0n) is 9.76. The highest BCUT2D eigenvalue weighted by molar-refractivity contribution is 5.92. The molecule has 1 atom stereocenters. The van der Waals surface area contributed by atoms with Gasteiger partial charge in [-0.2, -0.15) is 0 Å². The number of rotatable bonds is 4. The van der Waals surface area contributed by atoms with Crippen molar-refractivity contribution < 1.29 is 19.2 Å². The van der Waals surface area contributed by atoms with E-state index in [1.54, 1.807) is 18.1 Å². The minimum atomic E-state index is -0.146. The summed E-state index contributed by atoms with van der Waals surface area (Å²) in [7, 11) is 1.55. The lowest BCUT2D eigenvalue weighted by molar-refractivity contribution is 0.0771. The van der Waals surface area contributed by atoms with Crippen LogP contribution in [0.3, 0.4) is 0 Å². The Bertz CT molecular complexity index is 391. The van der Waals surface area contributed by atoms with Crippen molar-refractivity contribution in [2.24, 2.45) is 5.92 Å². The first-order chi connectivity index (χ1) is 8.24. The smallest absolute Gasteiger partial charge is 0.276 e. The Morgan fingerprint density at radius 1 is 1.76 bits per heavy atom. The Morgan fingerprint density at radius 3 is 3.24 bits per heavy atom. The fraction of sp³-hybridized carbons (Fsp3) is 0.636. The fourth-order valence-corrected chi connectivity index (χ4v) is 1.95. The first-order valence-corrected chi connectivity index (χ1v) is 5.59. The van der Waals surface area contributed by atoms with Gasteiger partial charge in [-0.3, -0.25) is 4.79 Å². The summed E-state index contributed by atoms with van der Waals surface area (Å²) in [6.45, 7) is 1.68. The van der Waals surface area contributed by atoms with E-state index in [4.69, 9.17) is 14.4 Å². The summed E-state index contributed by atoms with van der Waals surface area (Å²) in [4.78, 5) is 13.7. The molecule has 0 spiro atoms. The van der Waals surface area contributed by atoms with Crippen LogP contribution in [0.5, 0.6) is 0 Å². The van der Waals surface area contributed by atoms with Crippen LogP contribution in [0.15, 0.2) is 10.6 Å². The molecule has 1 unspecified atom stereocenters. The van der Waals surface area contributed by atoms with Crippen LogP contribution in [0.1, 0.15) is 22.7 Å². The molecule has 0 bridgehead atoms. The van der Waals surface area contributed by atoms with Gasteiger partial charge in [0.15, 0.2) is 11.5 Å². The van der Waals surface area contributed by atoms with Crippen LogP contribution in [0.2, 0.25) is 0 Å². The van der Waals surface area contributed by atoms with Gasteiger partial charge in [0.05, 0.1) is 0 Å². The highest BCUT2D eigenvalue weighted by Gasteiger charge is 2.28. The molecule has 2 heterocycles. The highest BCUT2D eigenvalue weighted by Crippen LogP contribution is 2.18. The minimum absolute atomic E-state index is 0.123. The lowest BCUT2D eigenvalue weighted by atomic mass is 10.1. The molecule has 6 nitrogen and oxygen atoms in total. The summed E-state index contributed by atoms with van der Waals surface area (Å²) in [5.41, 5.74) is 0.302. The Labute approximate surface area is 99.1 Å². The van der Waals surface area contributed by atoms with Gasteiger partial charge in [0.1, 0.15) is 6.61 Å². The molecular formula is C11H16N2O4. The summed E-state index contributed by atoms with van der Waals surface area (Å²) in [6, 6.07) is 1.60. The average Bonchev–Trinajstić information content (AvgIpc) is 2.97. The van der Waals surface area contributed by atoms with Crippen molar-refractivity contribution >= 4 is 5.91 Å². The number of methoxy groups -OCH3 is 1. The van der Waals surface area contributed by atoms with E-state index in [1.165, 1.54) is 0 Å². The van der Waals surface area contributed by atoms with E-state index in [9.17, 15) is 4.79 Å². The summed E-state index contributed by atoms with van der Waals surface area (Å²) in [6.07, 6.45) is 0.838. The van der Waals surface area contributed by atoms with Gasteiger partial charge in [0.25, 0.3) is 5.91 Å². The molecular weight excluding hydrogens is 224 g/mol. The summed E-state index contributed by atoms with van der Waals surface area (Å²) < 4.78 is 9.86. The number of hydrogen-bond donors (Lipinski definition) is 1. The zero-order chi connectivity index (χ0) is 12.3.